The molecule has 0 radical (unpaired) electrons. The van der Waals surface area contributed by atoms with Crippen LogP contribution < -0.4 is 4.74 Å². The minimum Gasteiger partial charge on any atom is -0.463 e. The van der Waals surface area contributed by atoms with Crippen molar-refractivity contribution in [3.63, 3.8) is 0 Å². The summed E-state index contributed by atoms with van der Waals surface area (Å²) in [7, 11) is 10.6. The maximum atomic E-state index is 15.1. The first-order chi connectivity index (χ1) is 11.6. The number of hydrogen-bond donors (Lipinski definition) is 0. The second kappa shape index (κ2) is 7.30. The third-order valence-electron chi connectivity index (χ3n) is 3.57. The number of alkyl halides is 9. The van der Waals surface area contributed by atoms with E-state index < -0.39 is 45.1 Å². The summed E-state index contributed by atoms with van der Waals surface area (Å²) in [5.41, 5.74) is 0. The lowest BCUT2D eigenvalue weighted by molar-refractivity contribution is -0.289. The van der Waals surface area contributed by atoms with Crippen molar-refractivity contribution in [2.24, 2.45) is 0 Å². The van der Waals surface area contributed by atoms with Crippen molar-refractivity contribution in [2.75, 3.05) is 0 Å². The van der Waals surface area contributed by atoms with Crippen LogP contribution in [0.1, 0.15) is 0 Å². The zero-order chi connectivity index (χ0) is 20.2. The zero-order valence-corrected chi connectivity index (χ0v) is 17.7. The Morgan fingerprint density at radius 3 is 1.81 bits per heavy atom. The molecule has 0 spiro atoms. The third kappa shape index (κ3) is 3.18. The monoisotopic (exact) mass is 514 g/mol. The van der Waals surface area contributed by atoms with Gasteiger partial charge in [0.25, 0.3) is 26.3 Å². The number of hydrogen-bond acceptors (Lipinski definition) is 2. The highest BCUT2D eigenvalue weighted by atomic mass is 35.7. The summed E-state index contributed by atoms with van der Waals surface area (Å²) in [6.45, 7) is 0. The molecule has 1 aromatic rings. The van der Waals surface area contributed by atoms with Crippen LogP contribution in [0.25, 0.3) is 0 Å². The van der Waals surface area contributed by atoms with E-state index in [0.29, 0.717) is 0 Å². The minimum atomic E-state index is -4.73. The molecule has 14 heteroatoms. The van der Waals surface area contributed by atoms with Crippen LogP contribution in [-0.2, 0) is 3.79 Å². The van der Waals surface area contributed by atoms with Crippen LogP contribution in [0.15, 0.2) is 30.3 Å². The molecule has 0 amide bonds. The molecule has 2 nitrogen and oxygen atoms in total. The highest BCUT2D eigenvalue weighted by molar-refractivity contribution is 7.30. The Bertz CT molecular complexity index is 669. The second-order valence-corrected chi connectivity index (χ2v) is 11.1. The maximum absolute atomic E-state index is 15.1. The van der Waals surface area contributed by atoms with Crippen molar-refractivity contribution >= 4 is 79.1 Å². The predicted octanol–water partition coefficient (Wildman–Crippen LogP) is 6.21. The number of rotatable bonds is 4. The van der Waals surface area contributed by atoms with Gasteiger partial charge in [-0.2, -0.15) is 20.1 Å². The van der Waals surface area contributed by atoms with Crippen molar-refractivity contribution in [1.82, 2.24) is 0 Å². The number of benzene rings is 1. The van der Waals surface area contributed by atoms with Crippen LogP contribution in [0.5, 0.6) is 5.75 Å². The summed E-state index contributed by atoms with van der Waals surface area (Å²) in [6, 6.07) is 6.40. The van der Waals surface area contributed by atoms with Crippen LogP contribution in [0.2, 0.25) is 0 Å². The molecule has 0 N–H and O–H groups in total. The summed E-state index contributed by atoms with van der Waals surface area (Å²) in [6.07, 6.45) is -3.67. The molecule has 6 atom stereocenters. The lowest BCUT2D eigenvalue weighted by Gasteiger charge is -2.56. The normalized spacial score (nSPS) is 46.0. The molecule has 0 saturated heterocycles. The lowest BCUT2D eigenvalue weighted by atomic mass is 9.84. The summed E-state index contributed by atoms with van der Waals surface area (Å²) in [5.74, 6) is -4.93. The van der Waals surface area contributed by atoms with Gasteiger partial charge in [-0.05, 0) is 12.1 Å². The van der Waals surface area contributed by atoms with E-state index in [2.05, 4.69) is 3.79 Å². The molecule has 1 aliphatic rings. The molecule has 0 aliphatic heterocycles. The van der Waals surface area contributed by atoms with E-state index in [1.807, 2.05) is 0 Å². The van der Waals surface area contributed by atoms with Gasteiger partial charge in [0, 0.05) is 0 Å². The van der Waals surface area contributed by atoms with Gasteiger partial charge in [0.2, 0.25) is 6.17 Å². The van der Waals surface area contributed by atoms with Crippen molar-refractivity contribution in [3.05, 3.63) is 30.3 Å². The van der Waals surface area contributed by atoms with Gasteiger partial charge in [-0.25, -0.2) is 22.0 Å². The first-order valence-corrected chi connectivity index (χ1v) is 12.0. The van der Waals surface area contributed by atoms with E-state index in [4.69, 9.17) is 71.2 Å². The lowest BCUT2D eigenvalue weighted by Crippen LogP contribution is -2.81. The second-order valence-electron chi connectivity index (χ2n) is 5.17. The average molecular weight is 517 g/mol. The molecule has 146 valence electrons. The van der Waals surface area contributed by atoms with Crippen LogP contribution in [0.4, 0.5) is 22.0 Å². The average Bonchev–Trinajstić information content (AvgIpc) is 2.52. The summed E-state index contributed by atoms with van der Waals surface area (Å²) >= 11 is 17.5. The van der Waals surface area contributed by atoms with Crippen molar-refractivity contribution < 1.29 is 30.5 Å². The van der Waals surface area contributed by atoms with E-state index in [0.717, 1.165) is 12.1 Å². The molecule has 2 rings (SSSR count). The molecule has 0 heterocycles. The fourth-order valence-electron chi connectivity index (χ4n) is 2.22. The quantitative estimate of drug-likeness (QED) is 0.269. The van der Waals surface area contributed by atoms with Gasteiger partial charge in [0.05, 0.1) is 0 Å². The summed E-state index contributed by atoms with van der Waals surface area (Å²) < 4.78 is 83.4. The van der Waals surface area contributed by atoms with Crippen LogP contribution in [0, 0.1) is 0 Å². The van der Waals surface area contributed by atoms with Crippen LogP contribution in [0.3, 0.4) is 0 Å². The molecular formula is C12H6AlCl6F5O2. The molecule has 1 aliphatic carbocycles. The van der Waals surface area contributed by atoms with Crippen LogP contribution >= 0.6 is 66.5 Å². The first-order valence-electron chi connectivity index (χ1n) is 6.50. The Morgan fingerprint density at radius 1 is 0.846 bits per heavy atom. The fraction of sp³-hybridized carbons (Fsp3) is 0.500. The Labute approximate surface area is 177 Å². The molecular weight excluding hydrogens is 511 g/mol. The maximum Gasteiger partial charge on any atom is 0.728 e. The Kier molecular flexibility index (Phi) is 6.51. The van der Waals surface area contributed by atoms with Gasteiger partial charge >= 0.3 is 12.6 Å². The van der Waals surface area contributed by atoms with Gasteiger partial charge in [0.15, 0.2) is 0 Å². The molecule has 0 aromatic heterocycles. The Hall–Kier alpha value is 0.902. The molecule has 1 aromatic carbocycles. The molecule has 0 bridgehead atoms. The highest BCUT2D eigenvalue weighted by Crippen LogP contribution is 2.68. The summed E-state index contributed by atoms with van der Waals surface area (Å²) in [4.78, 5) is 0. The fourth-order valence-corrected chi connectivity index (χ4v) is 4.88. The SMILES string of the molecule is FC1C(F)([O][Al]([Cl])[Cl])C(F)(Cl)C(F)(Cl)C(F)(Cl)C1(Cl)Oc1ccccc1. The predicted molar refractivity (Wildman–Crippen MR) is 92.0 cm³/mol. The van der Waals surface area contributed by atoms with E-state index in [9.17, 15) is 17.6 Å². The van der Waals surface area contributed by atoms with Gasteiger partial charge in [-0.15, -0.1) is 0 Å². The van der Waals surface area contributed by atoms with E-state index >= 15 is 4.39 Å². The van der Waals surface area contributed by atoms with Crippen molar-refractivity contribution in [1.29, 1.82) is 0 Å². The molecule has 26 heavy (non-hydrogen) atoms. The molecule has 1 saturated carbocycles. The van der Waals surface area contributed by atoms with Gasteiger partial charge < -0.3 is 8.53 Å². The minimum absolute atomic E-state index is 0.380. The number of ether oxygens (including phenoxy) is 1. The number of para-hydroxylation sites is 1. The smallest absolute Gasteiger partial charge is 0.463 e. The third-order valence-corrected chi connectivity index (χ3v) is 7.02. The van der Waals surface area contributed by atoms with Gasteiger partial charge in [0.1, 0.15) is 5.75 Å². The molecule has 6 unspecified atom stereocenters. The first kappa shape index (κ1) is 23.2. The van der Waals surface area contributed by atoms with Crippen LogP contribution in [-0.4, -0.2) is 45.1 Å². The highest BCUT2D eigenvalue weighted by Gasteiger charge is 2.91. The Morgan fingerprint density at radius 2 is 1.35 bits per heavy atom. The van der Waals surface area contributed by atoms with Crippen molar-refractivity contribution in [3.8, 4) is 5.75 Å². The van der Waals surface area contributed by atoms with E-state index in [1.54, 1.807) is 0 Å². The summed E-state index contributed by atoms with van der Waals surface area (Å²) in [5, 5.41) is -17.6. The molecule has 1 fully saturated rings. The largest absolute Gasteiger partial charge is 0.728 e. The van der Waals surface area contributed by atoms with Gasteiger partial charge in [-0.1, -0.05) is 64.6 Å². The van der Waals surface area contributed by atoms with E-state index in [1.165, 1.54) is 18.2 Å². The van der Waals surface area contributed by atoms with Gasteiger partial charge in [-0.3, -0.25) is 0 Å². The zero-order valence-electron chi connectivity index (χ0n) is 12.0. The standard InChI is InChI=1S/C12H6Cl4F5O2.Al.2ClH/c13-8(23-6-4-2-1-3-5-6)7(17)9(18,22)11(15,20)12(16,21)10(8,14)19;;;/h1-5,7H;;2*1H/q-1;+3;;/p-2. The van der Waals surface area contributed by atoms with Crippen molar-refractivity contribution in [2.45, 2.75) is 32.5 Å². The number of halogens is 11. The topological polar surface area (TPSA) is 18.5 Å². The van der Waals surface area contributed by atoms with E-state index in [-0.39, 0.29) is 5.75 Å². The Balaban J connectivity index is 2.67.